The molecule has 0 bridgehead atoms. The van der Waals surface area contributed by atoms with Gasteiger partial charge in [-0.1, -0.05) is 31.9 Å². The molecule has 0 aliphatic carbocycles. The van der Waals surface area contributed by atoms with Crippen LogP contribution in [-0.4, -0.2) is 37.8 Å². The fourth-order valence-corrected chi connectivity index (χ4v) is 4.42. The van der Waals surface area contributed by atoms with Crippen LogP contribution in [0, 0.1) is 0 Å². The molecule has 6 nitrogen and oxygen atoms in total. The van der Waals surface area contributed by atoms with Crippen molar-refractivity contribution in [3.63, 3.8) is 0 Å². The molecule has 0 saturated heterocycles. The summed E-state index contributed by atoms with van der Waals surface area (Å²) in [5.41, 5.74) is 0.505. The molecule has 9 heteroatoms. The fourth-order valence-electron chi connectivity index (χ4n) is 2.28. The number of hydrogen-bond acceptors (Lipinski definition) is 5. The molecule has 0 amide bonds. The smallest absolute Gasteiger partial charge is 0.326 e. The highest BCUT2D eigenvalue weighted by Gasteiger charge is 2.32. The highest BCUT2D eigenvalue weighted by atomic mass is 79.9. The van der Waals surface area contributed by atoms with Crippen LogP contribution in [0.1, 0.15) is 17.7 Å². The van der Waals surface area contributed by atoms with Gasteiger partial charge in [-0.05, 0) is 25.1 Å². The lowest BCUT2D eigenvalue weighted by atomic mass is 10.2. The van der Waals surface area contributed by atoms with Gasteiger partial charge in [0.05, 0.1) is 12.3 Å². The molecular weight excluding hydrogens is 466 g/mol. The van der Waals surface area contributed by atoms with E-state index in [0.717, 1.165) is 13.5 Å². The first-order valence-electron chi connectivity index (χ1n) is 6.85. The summed E-state index contributed by atoms with van der Waals surface area (Å²) >= 11 is 6.67. The zero-order valence-electron chi connectivity index (χ0n) is 12.8. The standard InChI is InChI=1S/C15H15Br2NO5S/c1-3-23-15(21)13(24(2)22)11-7-12(19)18(14(11)20)10-5-8(16)4-9(17)6-10/h4-7,13,19-20H,3H2,1-2H3. The maximum Gasteiger partial charge on any atom is 0.326 e. The number of nitrogens with zero attached hydrogens (tertiary/aromatic N) is 1. The van der Waals surface area contributed by atoms with Gasteiger partial charge in [0.15, 0.2) is 11.1 Å². The molecule has 24 heavy (non-hydrogen) atoms. The summed E-state index contributed by atoms with van der Waals surface area (Å²) in [5, 5.41) is 19.5. The average Bonchev–Trinajstić information content (AvgIpc) is 2.73. The third kappa shape index (κ3) is 3.84. The lowest BCUT2D eigenvalue weighted by Gasteiger charge is -2.13. The predicted molar refractivity (Wildman–Crippen MR) is 97.9 cm³/mol. The lowest BCUT2D eigenvalue weighted by molar-refractivity contribution is -0.142. The molecule has 2 unspecified atom stereocenters. The van der Waals surface area contributed by atoms with E-state index in [1.54, 1.807) is 25.1 Å². The van der Waals surface area contributed by atoms with Gasteiger partial charge < -0.3 is 14.9 Å². The Kier molecular flexibility index (Phi) is 6.11. The molecule has 2 atom stereocenters. The second-order valence-corrected chi connectivity index (χ2v) is 8.18. The van der Waals surface area contributed by atoms with Gasteiger partial charge in [-0.3, -0.25) is 13.6 Å². The third-order valence-electron chi connectivity index (χ3n) is 3.20. The van der Waals surface area contributed by atoms with E-state index in [0.29, 0.717) is 5.69 Å². The lowest BCUT2D eigenvalue weighted by Crippen LogP contribution is -2.19. The molecule has 2 aromatic rings. The Balaban J connectivity index is 2.59. The van der Waals surface area contributed by atoms with Crippen molar-refractivity contribution in [3.05, 3.63) is 38.8 Å². The number of halogens is 2. The van der Waals surface area contributed by atoms with E-state index in [4.69, 9.17) is 4.74 Å². The Bertz CT molecular complexity index is 785. The summed E-state index contributed by atoms with van der Waals surface area (Å²) in [5.74, 6) is -1.38. The van der Waals surface area contributed by atoms with Crippen molar-refractivity contribution in [2.45, 2.75) is 12.2 Å². The number of hydrogen-bond donors (Lipinski definition) is 2. The van der Waals surface area contributed by atoms with Gasteiger partial charge in [-0.2, -0.15) is 0 Å². The molecule has 1 heterocycles. The minimum absolute atomic E-state index is 0.0443. The van der Waals surface area contributed by atoms with Crippen molar-refractivity contribution in [2.24, 2.45) is 0 Å². The van der Waals surface area contributed by atoms with Crippen molar-refractivity contribution in [1.82, 2.24) is 4.57 Å². The molecule has 1 aromatic heterocycles. The van der Waals surface area contributed by atoms with Crippen LogP contribution in [-0.2, 0) is 20.3 Å². The molecule has 0 spiro atoms. The Morgan fingerprint density at radius 2 is 1.83 bits per heavy atom. The molecule has 0 aliphatic rings. The average molecular weight is 481 g/mol. The van der Waals surface area contributed by atoms with E-state index in [1.807, 2.05) is 0 Å². The number of benzene rings is 1. The summed E-state index contributed by atoms with van der Waals surface area (Å²) in [6.45, 7) is 1.76. The number of rotatable bonds is 5. The number of aromatic hydroxyl groups is 2. The second kappa shape index (κ2) is 7.71. The summed E-state index contributed by atoms with van der Waals surface area (Å²) in [6, 6.07) is 6.37. The fraction of sp³-hybridized carbons (Fsp3) is 0.267. The molecule has 1 aromatic carbocycles. The largest absolute Gasteiger partial charge is 0.494 e. The number of carbonyl (C=O) groups excluding carboxylic acids is 1. The maximum absolute atomic E-state index is 12.1. The van der Waals surface area contributed by atoms with Crippen LogP contribution >= 0.6 is 31.9 Å². The van der Waals surface area contributed by atoms with E-state index in [2.05, 4.69) is 31.9 Å². The molecule has 0 aliphatic heterocycles. The van der Waals surface area contributed by atoms with E-state index in [9.17, 15) is 19.2 Å². The highest BCUT2D eigenvalue weighted by molar-refractivity contribution is 9.11. The first kappa shape index (κ1) is 19.0. The van der Waals surface area contributed by atoms with E-state index >= 15 is 0 Å². The molecule has 0 radical (unpaired) electrons. The van der Waals surface area contributed by atoms with Gasteiger partial charge in [0.1, 0.15) is 0 Å². The Morgan fingerprint density at radius 3 is 2.33 bits per heavy atom. The van der Waals surface area contributed by atoms with E-state index < -0.39 is 22.0 Å². The molecule has 2 N–H and O–H groups in total. The van der Waals surface area contributed by atoms with E-state index in [-0.39, 0.29) is 23.9 Å². The van der Waals surface area contributed by atoms with Crippen LogP contribution in [0.5, 0.6) is 11.8 Å². The van der Waals surface area contributed by atoms with Crippen LogP contribution < -0.4 is 0 Å². The van der Waals surface area contributed by atoms with Gasteiger partial charge in [0.25, 0.3) is 0 Å². The van der Waals surface area contributed by atoms with Gasteiger partial charge in [0.2, 0.25) is 5.88 Å². The number of aromatic nitrogens is 1. The van der Waals surface area contributed by atoms with Crippen LogP contribution in [0.2, 0.25) is 0 Å². The second-order valence-electron chi connectivity index (χ2n) is 4.88. The first-order chi connectivity index (χ1) is 11.3. The van der Waals surface area contributed by atoms with Gasteiger partial charge in [0, 0.05) is 37.6 Å². The maximum atomic E-state index is 12.1. The minimum atomic E-state index is -1.63. The first-order valence-corrected chi connectivity index (χ1v) is 10.1. The van der Waals surface area contributed by atoms with Crippen LogP contribution in [0.25, 0.3) is 5.69 Å². The van der Waals surface area contributed by atoms with E-state index in [1.165, 1.54) is 12.3 Å². The Hall–Kier alpha value is -1.32. The zero-order valence-corrected chi connectivity index (χ0v) is 16.8. The molecule has 0 fully saturated rings. The molecule has 130 valence electrons. The summed E-state index contributed by atoms with van der Waals surface area (Å²) in [7, 11) is -1.63. The SMILES string of the molecule is CCOC(=O)C(c1cc(O)n(-c2cc(Br)cc(Br)c2)c1O)S(C)=O. The summed E-state index contributed by atoms with van der Waals surface area (Å²) < 4.78 is 19.5. The van der Waals surface area contributed by atoms with Gasteiger partial charge in [-0.25, -0.2) is 0 Å². The van der Waals surface area contributed by atoms with Crippen molar-refractivity contribution < 1.29 is 24.0 Å². The van der Waals surface area contributed by atoms with Crippen molar-refractivity contribution in [3.8, 4) is 17.4 Å². The van der Waals surface area contributed by atoms with Crippen LogP contribution in [0.3, 0.4) is 0 Å². The highest BCUT2D eigenvalue weighted by Crippen LogP contribution is 2.38. The topological polar surface area (TPSA) is 88.8 Å². The molecular formula is C15H15Br2NO5S. The Morgan fingerprint density at radius 1 is 1.25 bits per heavy atom. The third-order valence-corrected chi connectivity index (χ3v) is 5.23. The number of ether oxygens (including phenoxy) is 1. The van der Waals surface area contributed by atoms with Gasteiger partial charge in [-0.15, -0.1) is 0 Å². The molecule has 2 rings (SSSR count). The predicted octanol–water partition coefficient (Wildman–Crippen LogP) is 3.40. The summed E-state index contributed by atoms with van der Waals surface area (Å²) in [6.07, 6.45) is 1.34. The number of carbonyl (C=O) groups is 1. The van der Waals surface area contributed by atoms with Crippen molar-refractivity contribution in [1.29, 1.82) is 0 Å². The van der Waals surface area contributed by atoms with Crippen molar-refractivity contribution >= 4 is 48.6 Å². The minimum Gasteiger partial charge on any atom is -0.494 e. The number of esters is 1. The molecule has 0 saturated carbocycles. The van der Waals surface area contributed by atoms with Gasteiger partial charge >= 0.3 is 5.97 Å². The quantitative estimate of drug-likeness (QED) is 0.640. The van der Waals surface area contributed by atoms with Crippen LogP contribution in [0.15, 0.2) is 33.2 Å². The van der Waals surface area contributed by atoms with Crippen molar-refractivity contribution in [2.75, 3.05) is 12.9 Å². The monoisotopic (exact) mass is 479 g/mol. The zero-order chi connectivity index (χ0) is 18.0. The van der Waals surface area contributed by atoms with Crippen LogP contribution in [0.4, 0.5) is 0 Å². The Labute approximate surface area is 158 Å². The summed E-state index contributed by atoms with van der Waals surface area (Å²) in [4.78, 5) is 12.1. The normalized spacial score (nSPS) is 13.5.